The Labute approximate surface area is 98.7 Å². The number of aromatic nitrogens is 2. The van der Waals surface area contributed by atoms with Crippen LogP contribution in [-0.2, 0) is 27.3 Å². The predicted octanol–water partition coefficient (Wildman–Crippen LogP) is 0.638. The summed E-state index contributed by atoms with van der Waals surface area (Å²) >= 11 is 0. The van der Waals surface area contributed by atoms with Crippen LogP contribution in [0.15, 0.2) is 4.42 Å². The minimum absolute atomic E-state index is 0.0130. The van der Waals surface area contributed by atoms with E-state index >= 15 is 0 Å². The zero-order chi connectivity index (χ0) is 12.7. The smallest absolute Gasteiger partial charge is 0.329 e. The summed E-state index contributed by atoms with van der Waals surface area (Å²) in [5, 5.41) is 15.9. The molecule has 0 radical (unpaired) electrons. The molecule has 96 valence electrons. The zero-order valence-electron chi connectivity index (χ0n) is 9.88. The fourth-order valence-electron chi connectivity index (χ4n) is 1.12. The summed E-state index contributed by atoms with van der Waals surface area (Å²) in [5.74, 6) is -0.243. The van der Waals surface area contributed by atoms with Crippen LogP contribution in [-0.4, -0.2) is 41.1 Å². The molecule has 0 bridgehead atoms. The molecule has 0 aromatic carbocycles. The summed E-state index contributed by atoms with van der Waals surface area (Å²) in [6.07, 6.45) is 1.54. The van der Waals surface area contributed by atoms with Crippen LogP contribution in [0.2, 0.25) is 0 Å². The summed E-state index contributed by atoms with van der Waals surface area (Å²) in [6, 6.07) is 0. The molecule has 1 N–H and O–H groups in total. The Hall–Kier alpha value is -1.47. The highest BCUT2D eigenvalue weighted by molar-refractivity contribution is 5.67. The molecule has 17 heavy (non-hydrogen) atoms. The molecule has 7 nitrogen and oxygen atoms in total. The maximum Gasteiger partial charge on any atom is 0.329 e. The van der Waals surface area contributed by atoms with Gasteiger partial charge in [-0.25, -0.2) is 4.79 Å². The second-order valence-corrected chi connectivity index (χ2v) is 3.56. The maximum atomic E-state index is 10.2. The van der Waals surface area contributed by atoms with Crippen molar-refractivity contribution in [1.29, 1.82) is 0 Å². The van der Waals surface area contributed by atoms with Gasteiger partial charge in [0, 0.05) is 13.5 Å². The van der Waals surface area contributed by atoms with Crippen molar-refractivity contribution in [3.8, 4) is 0 Å². The molecule has 0 saturated carbocycles. The lowest BCUT2D eigenvalue weighted by Crippen LogP contribution is -2.06. The Kier molecular flexibility index (Phi) is 5.58. The number of hydrogen-bond acceptors (Lipinski definition) is 6. The number of aliphatic carboxylic acids is 1. The first kappa shape index (κ1) is 13.6. The number of hydrogen-bond donors (Lipinski definition) is 1. The number of carbonyl (C=O) groups is 1. The molecule has 1 heterocycles. The van der Waals surface area contributed by atoms with Crippen LogP contribution in [0.25, 0.3) is 0 Å². The molecule has 0 aliphatic rings. The minimum atomic E-state index is -1.03. The van der Waals surface area contributed by atoms with Crippen molar-refractivity contribution in [3.63, 3.8) is 0 Å². The van der Waals surface area contributed by atoms with Crippen LogP contribution in [0, 0.1) is 0 Å². The average molecular weight is 244 g/mol. The number of rotatable bonds is 8. The van der Waals surface area contributed by atoms with E-state index in [-0.39, 0.29) is 25.2 Å². The SMILES string of the molecule is COC(C)CCc1nnc(COCC(=O)O)o1. The zero-order valence-corrected chi connectivity index (χ0v) is 9.88. The van der Waals surface area contributed by atoms with Gasteiger partial charge >= 0.3 is 5.97 Å². The van der Waals surface area contributed by atoms with Gasteiger partial charge in [0.05, 0.1) is 6.10 Å². The number of methoxy groups -OCH3 is 1. The number of aryl methyl sites for hydroxylation is 1. The Balaban J connectivity index is 2.29. The van der Waals surface area contributed by atoms with E-state index in [9.17, 15) is 4.79 Å². The van der Waals surface area contributed by atoms with E-state index in [1.54, 1.807) is 7.11 Å². The summed E-state index contributed by atoms with van der Waals surface area (Å²) in [7, 11) is 1.64. The monoisotopic (exact) mass is 244 g/mol. The van der Waals surface area contributed by atoms with Gasteiger partial charge in [0.2, 0.25) is 11.8 Å². The van der Waals surface area contributed by atoms with Gasteiger partial charge < -0.3 is 19.0 Å². The van der Waals surface area contributed by atoms with Crippen molar-refractivity contribution in [2.24, 2.45) is 0 Å². The van der Waals surface area contributed by atoms with Crippen molar-refractivity contribution in [2.75, 3.05) is 13.7 Å². The summed E-state index contributed by atoms with van der Waals surface area (Å²) in [6.45, 7) is 1.59. The third kappa shape index (κ3) is 5.41. The van der Waals surface area contributed by atoms with Crippen LogP contribution in [0.5, 0.6) is 0 Å². The first-order valence-corrected chi connectivity index (χ1v) is 5.25. The van der Waals surface area contributed by atoms with E-state index in [4.69, 9.17) is 19.0 Å². The third-order valence-electron chi connectivity index (χ3n) is 2.13. The number of carboxylic acid groups (broad SMARTS) is 1. The molecule has 0 amide bonds. The highest BCUT2D eigenvalue weighted by atomic mass is 16.5. The molecule has 1 unspecified atom stereocenters. The fraction of sp³-hybridized carbons (Fsp3) is 0.700. The average Bonchev–Trinajstić information content (AvgIpc) is 2.73. The number of carboxylic acids is 1. The minimum Gasteiger partial charge on any atom is -0.480 e. The lowest BCUT2D eigenvalue weighted by Gasteiger charge is -2.05. The van der Waals surface area contributed by atoms with E-state index < -0.39 is 5.97 Å². The van der Waals surface area contributed by atoms with Crippen LogP contribution in [0.1, 0.15) is 25.1 Å². The molecule has 0 saturated heterocycles. The molecule has 0 aliphatic carbocycles. The highest BCUT2D eigenvalue weighted by Gasteiger charge is 2.09. The first-order valence-electron chi connectivity index (χ1n) is 5.25. The van der Waals surface area contributed by atoms with Crippen LogP contribution in [0.3, 0.4) is 0 Å². The second kappa shape index (κ2) is 6.97. The van der Waals surface area contributed by atoms with Crippen LogP contribution < -0.4 is 0 Å². The summed E-state index contributed by atoms with van der Waals surface area (Å²) in [4.78, 5) is 10.2. The Morgan fingerprint density at radius 1 is 1.47 bits per heavy atom. The van der Waals surface area contributed by atoms with Crippen molar-refractivity contribution < 1.29 is 23.8 Å². The lowest BCUT2D eigenvalue weighted by atomic mass is 10.2. The summed E-state index contributed by atoms with van der Waals surface area (Å²) < 4.78 is 15.2. The molecule has 0 fully saturated rings. The second-order valence-electron chi connectivity index (χ2n) is 3.56. The largest absolute Gasteiger partial charge is 0.480 e. The van der Waals surface area contributed by atoms with Crippen LogP contribution in [0.4, 0.5) is 0 Å². The Bertz CT molecular complexity index is 352. The first-order chi connectivity index (χ1) is 8.11. The topological polar surface area (TPSA) is 94.7 Å². The van der Waals surface area contributed by atoms with Crippen LogP contribution >= 0.6 is 0 Å². The van der Waals surface area contributed by atoms with Crippen molar-refractivity contribution in [2.45, 2.75) is 32.5 Å². The van der Waals surface area contributed by atoms with Crippen molar-refractivity contribution in [1.82, 2.24) is 10.2 Å². The number of ether oxygens (including phenoxy) is 2. The quantitative estimate of drug-likeness (QED) is 0.716. The van der Waals surface area contributed by atoms with Gasteiger partial charge in [-0.1, -0.05) is 0 Å². The van der Waals surface area contributed by atoms with E-state index in [2.05, 4.69) is 10.2 Å². The number of nitrogens with zero attached hydrogens (tertiary/aromatic N) is 2. The molecular weight excluding hydrogens is 228 g/mol. The van der Waals surface area contributed by atoms with Gasteiger partial charge in [0.15, 0.2) is 0 Å². The molecule has 0 aliphatic heterocycles. The maximum absolute atomic E-state index is 10.2. The third-order valence-corrected chi connectivity index (χ3v) is 2.13. The van der Waals surface area contributed by atoms with Gasteiger partial charge in [-0.05, 0) is 13.3 Å². The lowest BCUT2D eigenvalue weighted by molar-refractivity contribution is -0.142. The molecule has 1 aromatic rings. The summed E-state index contributed by atoms with van der Waals surface area (Å²) in [5.41, 5.74) is 0. The van der Waals surface area contributed by atoms with Gasteiger partial charge in [-0.3, -0.25) is 0 Å². The molecule has 1 aromatic heterocycles. The highest BCUT2D eigenvalue weighted by Crippen LogP contribution is 2.07. The van der Waals surface area contributed by atoms with E-state index in [1.165, 1.54) is 0 Å². The fourth-order valence-corrected chi connectivity index (χ4v) is 1.12. The molecule has 0 spiro atoms. The van der Waals surface area contributed by atoms with Gasteiger partial charge in [0.1, 0.15) is 13.2 Å². The van der Waals surface area contributed by atoms with Gasteiger partial charge in [0.25, 0.3) is 0 Å². The van der Waals surface area contributed by atoms with E-state index in [0.29, 0.717) is 12.3 Å². The molecular formula is C10H16N2O5. The standard InChI is InChI=1S/C10H16N2O5/c1-7(15-2)3-4-8-11-12-9(17-8)5-16-6-10(13)14/h7H,3-6H2,1-2H3,(H,13,14). The van der Waals surface area contributed by atoms with E-state index in [1.807, 2.05) is 6.92 Å². The predicted molar refractivity (Wildman–Crippen MR) is 56.4 cm³/mol. The van der Waals surface area contributed by atoms with Gasteiger partial charge in [-0.15, -0.1) is 10.2 Å². The normalized spacial score (nSPS) is 12.6. The molecule has 1 atom stereocenters. The Morgan fingerprint density at radius 3 is 2.82 bits per heavy atom. The van der Waals surface area contributed by atoms with Crippen molar-refractivity contribution >= 4 is 5.97 Å². The molecule has 1 rings (SSSR count). The van der Waals surface area contributed by atoms with Crippen molar-refractivity contribution in [3.05, 3.63) is 11.8 Å². The van der Waals surface area contributed by atoms with Gasteiger partial charge in [-0.2, -0.15) is 0 Å². The van der Waals surface area contributed by atoms with E-state index in [0.717, 1.165) is 6.42 Å². The Morgan fingerprint density at radius 2 is 2.18 bits per heavy atom. The molecule has 7 heteroatoms.